The number of hydrogen-bond acceptors (Lipinski definition) is 3. The Morgan fingerprint density at radius 2 is 1.77 bits per heavy atom. The average Bonchev–Trinajstić information content (AvgIpc) is 3.45. The Kier molecular flexibility index (Phi) is 6.30. The highest BCUT2D eigenvalue weighted by atomic mass is 16.2. The second-order valence-electron chi connectivity index (χ2n) is 7.92. The molecule has 26 heavy (non-hydrogen) atoms. The first-order chi connectivity index (χ1) is 12.5. The maximum absolute atomic E-state index is 12.3. The van der Waals surface area contributed by atoms with E-state index >= 15 is 0 Å². The van der Waals surface area contributed by atoms with Crippen LogP contribution in [0.25, 0.3) is 0 Å². The van der Waals surface area contributed by atoms with Crippen LogP contribution in [0.15, 0.2) is 24.3 Å². The number of hydrogen-bond donors (Lipinski definition) is 2. The molecule has 1 unspecified atom stereocenters. The van der Waals surface area contributed by atoms with Gasteiger partial charge in [0.25, 0.3) is 0 Å². The van der Waals surface area contributed by atoms with E-state index in [-0.39, 0.29) is 24.0 Å². The smallest absolute Gasteiger partial charge is 0.321 e. The van der Waals surface area contributed by atoms with Gasteiger partial charge >= 0.3 is 6.03 Å². The van der Waals surface area contributed by atoms with Gasteiger partial charge in [0.2, 0.25) is 5.91 Å². The molecule has 1 saturated carbocycles. The minimum Gasteiger partial charge on any atom is -0.335 e. The number of carbonyl (C=O) groups excluding carboxylic acids is 2. The third kappa shape index (κ3) is 5.56. The van der Waals surface area contributed by atoms with Gasteiger partial charge in [0, 0.05) is 6.04 Å². The first-order valence-corrected chi connectivity index (χ1v) is 9.92. The minimum absolute atomic E-state index is 0.193. The topological polar surface area (TPSA) is 61.4 Å². The Hall–Kier alpha value is -1.88. The fourth-order valence-corrected chi connectivity index (χ4v) is 3.59. The van der Waals surface area contributed by atoms with Crippen molar-refractivity contribution in [3.63, 3.8) is 0 Å². The van der Waals surface area contributed by atoms with Crippen LogP contribution in [0.3, 0.4) is 0 Å². The zero-order valence-corrected chi connectivity index (χ0v) is 16.0. The molecule has 3 rings (SSSR count). The summed E-state index contributed by atoms with van der Waals surface area (Å²) < 4.78 is 0. The Bertz CT molecular complexity index is 617. The van der Waals surface area contributed by atoms with Crippen LogP contribution in [-0.2, 0) is 11.2 Å². The van der Waals surface area contributed by atoms with Crippen molar-refractivity contribution in [1.82, 2.24) is 15.5 Å². The predicted molar refractivity (Wildman–Crippen MR) is 103 cm³/mol. The van der Waals surface area contributed by atoms with E-state index in [9.17, 15) is 9.59 Å². The highest BCUT2D eigenvalue weighted by molar-refractivity contribution is 5.97. The zero-order chi connectivity index (χ0) is 18.5. The molecule has 2 fully saturated rings. The summed E-state index contributed by atoms with van der Waals surface area (Å²) in [6, 6.07) is 8.47. The van der Waals surface area contributed by atoms with Crippen molar-refractivity contribution >= 4 is 11.9 Å². The molecule has 2 aliphatic rings. The van der Waals surface area contributed by atoms with E-state index in [0.29, 0.717) is 0 Å². The monoisotopic (exact) mass is 357 g/mol. The third-order valence-electron chi connectivity index (χ3n) is 5.69. The second kappa shape index (κ2) is 8.67. The Morgan fingerprint density at radius 3 is 2.38 bits per heavy atom. The summed E-state index contributed by atoms with van der Waals surface area (Å²) in [5.74, 6) is 0.530. The number of likely N-dealkylation sites (tertiary alicyclic amines) is 1. The van der Waals surface area contributed by atoms with Gasteiger partial charge in [-0.25, -0.2) is 4.79 Å². The maximum atomic E-state index is 12.3. The predicted octanol–water partition coefficient (Wildman–Crippen LogP) is 3.02. The van der Waals surface area contributed by atoms with Crippen molar-refractivity contribution in [2.45, 2.75) is 64.5 Å². The quantitative estimate of drug-likeness (QED) is 0.823. The summed E-state index contributed by atoms with van der Waals surface area (Å²) >= 11 is 0. The lowest BCUT2D eigenvalue weighted by Gasteiger charge is -2.35. The van der Waals surface area contributed by atoms with Crippen LogP contribution in [0.5, 0.6) is 0 Å². The van der Waals surface area contributed by atoms with Crippen molar-refractivity contribution in [1.29, 1.82) is 0 Å². The Morgan fingerprint density at radius 1 is 1.12 bits per heavy atom. The van der Waals surface area contributed by atoms with Crippen molar-refractivity contribution in [2.24, 2.45) is 5.92 Å². The van der Waals surface area contributed by atoms with Crippen LogP contribution in [0.2, 0.25) is 0 Å². The molecule has 0 spiro atoms. The van der Waals surface area contributed by atoms with E-state index in [2.05, 4.69) is 46.7 Å². The number of piperidine rings is 1. The fourth-order valence-electron chi connectivity index (χ4n) is 3.59. The number of imide groups is 1. The molecular formula is C21H31N3O2. The number of urea groups is 1. The molecule has 142 valence electrons. The highest BCUT2D eigenvalue weighted by Gasteiger charge is 2.29. The fraction of sp³-hybridized carbons (Fsp3) is 0.619. The molecule has 0 radical (unpaired) electrons. The molecule has 3 amide bonds. The maximum Gasteiger partial charge on any atom is 0.321 e. The van der Waals surface area contributed by atoms with E-state index in [0.717, 1.165) is 51.1 Å². The van der Waals surface area contributed by atoms with E-state index in [1.807, 2.05) is 6.92 Å². The molecule has 1 aromatic carbocycles. The van der Waals surface area contributed by atoms with E-state index in [1.54, 1.807) is 0 Å². The molecule has 1 heterocycles. The summed E-state index contributed by atoms with van der Waals surface area (Å²) in [5.41, 5.74) is 2.72. The van der Waals surface area contributed by atoms with Gasteiger partial charge in [0.05, 0.1) is 6.04 Å². The summed E-state index contributed by atoms with van der Waals surface area (Å²) in [6.45, 7) is 5.87. The number of amides is 3. The van der Waals surface area contributed by atoms with Gasteiger partial charge in [0.15, 0.2) is 0 Å². The molecule has 1 atom stereocenters. The molecule has 5 nitrogen and oxygen atoms in total. The standard InChI is InChI=1S/C21H31N3O2/c1-15-3-5-17(6-4-15)7-8-18-11-13-24(14-12-18)16(2)20(25)23-21(26)22-19-9-10-19/h3-6,16,18-19H,7-14H2,1-2H3,(H2,22,23,25,26). The molecule has 1 aliphatic carbocycles. The molecule has 1 aliphatic heterocycles. The van der Waals surface area contributed by atoms with E-state index in [1.165, 1.54) is 17.5 Å². The largest absolute Gasteiger partial charge is 0.335 e. The first kappa shape index (κ1) is 18.9. The van der Waals surface area contributed by atoms with Crippen molar-refractivity contribution < 1.29 is 9.59 Å². The van der Waals surface area contributed by atoms with Gasteiger partial charge in [-0.2, -0.15) is 0 Å². The molecule has 0 bridgehead atoms. The zero-order valence-electron chi connectivity index (χ0n) is 16.0. The van der Waals surface area contributed by atoms with E-state index in [4.69, 9.17) is 0 Å². The van der Waals surface area contributed by atoms with Crippen LogP contribution in [-0.4, -0.2) is 42.0 Å². The molecule has 5 heteroatoms. The van der Waals surface area contributed by atoms with Gasteiger partial charge in [-0.3, -0.25) is 15.0 Å². The van der Waals surface area contributed by atoms with Gasteiger partial charge in [0.1, 0.15) is 0 Å². The van der Waals surface area contributed by atoms with Crippen molar-refractivity contribution in [2.75, 3.05) is 13.1 Å². The number of nitrogens with zero attached hydrogens (tertiary/aromatic N) is 1. The molecule has 1 aromatic rings. The van der Waals surface area contributed by atoms with Crippen LogP contribution in [0, 0.1) is 12.8 Å². The second-order valence-corrected chi connectivity index (χ2v) is 7.92. The van der Waals surface area contributed by atoms with Gasteiger partial charge in [-0.1, -0.05) is 29.8 Å². The van der Waals surface area contributed by atoms with Gasteiger partial charge < -0.3 is 5.32 Å². The minimum atomic E-state index is -0.350. The van der Waals surface area contributed by atoms with Crippen LogP contribution < -0.4 is 10.6 Å². The highest BCUT2D eigenvalue weighted by Crippen LogP contribution is 2.24. The summed E-state index contributed by atoms with van der Waals surface area (Å²) in [4.78, 5) is 26.2. The number of nitrogens with one attached hydrogen (secondary N) is 2. The normalized spacial score (nSPS) is 19.8. The Labute approximate surface area is 156 Å². The molecule has 0 aromatic heterocycles. The summed E-state index contributed by atoms with van der Waals surface area (Å²) in [5, 5.41) is 5.28. The first-order valence-electron chi connectivity index (χ1n) is 9.92. The number of benzene rings is 1. The average molecular weight is 357 g/mol. The van der Waals surface area contributed by atoms with Crippen LogP contribution in [0.1, 0.15) is 50.2 Å². The lowest BCUT2D eigenvalue weighted by Crippen LogP contribution is -2.51. The van der Waals surface area contributed by atoms with Gasteiger partial charge in [-0.15, -0.1) is 0 Å². The van der Waals surface area contributed by atoms with Crippen LogP contribution in [0.4, 0.5) is 4.79 Å². The molecule has 2 N–H and O–H groups in total. The van der Waals surface area contributed by atoms with Crippen LogP contribution >= 0.6 is 0 Å². The number of carbonyl (C=O) groups is 2. The summed E-state index contributed by atoms with van der Waals surface area (Å²) in [6.07, 6.45) is 6.62. The van der Waals surface area contributed by atoms with Gasteiger partial charge in [-0.05, 0) is 76.9 Å². The third-order valence-corrected chi connectivity index (χ3v) is 5.69. The number of rotatable bonds is 6. The summed E-state index contributed by atoms with van der Waals surface area (Å²) in [7, 11) is 0. The lowest BCUT2D eigenvalue weighted by molar-refractivity contribution is -0.125. The number of aryl methyl sites for hydroxylation is 2. The molecular weight excluding hydrogens is 326 g/mol. The van der Waals surface area contributed by atoms with E-state index < -0.39 is 0 Å². The van der Waals surface area contributed by atoms with Crippen molar-refractivity contribution in [3.05, 3.63) is 35.4 Å². The molecule has 1 saturated heterocycles. The SMILES string of the molecule is Cc1ccc(CCC2CCN(C(C)C(=O)NC(=O)NC3CC3)CC2)cc1. The lowest BCUT2D eigenvalue weighted by atomic mass is 9.90. The Balaban J connectivity index is 1.37. The van der Waals surface area contributed by atoms with Crippen molar-refractivity contribution in [3.8, 4) is 0 Å².